The first-order valence-corrected chi connectivity index (χ1v) is 18.3. The van der Waals surface area contributed by atoms with Crippen LogP contribution in [0.2, 0.25) is 0 Å². The van der Waals surface area contributed by atoms with Crippen LogP contribution < -0.4 is 0 Å². The van der Waals surface area contributed by atoms with E-state index >= 15 is 0 Å². The minimum atomic E-state index is 1.16. The minimum absolute atomic E-state index is 1.16. The van der Waals surface area contributed by atoms with Gasteiger partial charge in [0.2, 0.25) is 0 Å². The van der Waals surface area contributed by atoms with Crippen LogP contribution in [0.4, 0.5) is 0 Å². The lowest BCUT2D eigenvalue weighted by Crippen LogP contribution is -1.93. The maximum Gasteiger partial charge on any atom is 0.0619 e. The Labute approximate surface area is 296 Å². The largest absolute Gasteiger partial charge is 0.309 e. The molecule has 0 amide bonds. The first-order valence-electron chi connectivity index (χ1n) is 17.5. The molecule has 0 radical (unpaired) electrons. The van der Waals surface area contributed by atoms with E-state index < -0.39 is 0 Å². The topological polar surface area (TPSA) is 9.34 Å². The van der Waals surface area contributed by atoms with Crippen molar-refractivity contribution in [3.8, 4) is 16.8 Å². The number of fused-ring (bicyclic) bond motifs is 10. The molecule has 0 aliphatic carbocycles. The summed E-state index contributed by atoms with van der Waals surface area (Å²) in [5.41, 5.74) is 9.78. The van der Waals surface area contributed by atoms with Crippen molar-refractivity contribution in [1.29, 1.82) is 0 Å². The number of benzene rings is 8. The lowest BCUT2D eigenvalue weighted by atomic mass is 10.0. The van der Waals surface area contributed by atoms with Gasteiger partial charge in [0.05, 0.1) is 27.6 Å². The van der Waals surface area contributed by atoms with Gasteiger partial charge in [-0.3, -0.25) is 0 Å². The molecule has 0 saturated carbocycles. The fourth-order valence-corrected chi connectivity index (χ4v) is 10.1. The highest BCUT2D eigenvalue weighted by Crippen LogP contribution is 2.45. The van der Waals surface area contributed by atoms with Crippen molar-refractivity contribution in [1.82, 2.24) is 8.97 Å². The number of hydrogen-bond donors (Lipinski definition) is 0. The van der Waals surface area contributed by atoms with Crippen LogP contribution in [0.15, 0.2) is 170 Å². The van der Waals surface area contributed by atoms with Gasteiger partial charge in [0, 0.05) is 52.8 Å². The Bertz CT molecular complexity index is 3400. The first kappa shape index (κ1) is 27.4. The Kier molecular flexibility index (Phi) is 5.41. The summed E-state index contributed by atoms with van der Waals surface area (Å²) < 4.78 is 7.67. The third-order valence-electron chi connectivity index (χ3n) is 11.1. The molecule has 236 valence electrons. The van der Waals surface area contributed by atoms with Gasteiger partial charge in [-0.1, -0.05) is 121 Å². The fourth-order valence-electron chi connectivity index (χ4n) is 8.92. The van der Waals surface area contributed by atoms with E-state index in [0.717, 1.165) is 5.69 Å². The summed E-state index contributed by atoms with van der Waals surface area (Å²) in [6.07, 6.45) is 0. The Morgan fingerprint density at radius 2 is 0.882 bits per heavy atom. The summed E-state index contributed by atoms with van der Waals surface area (Å²) >= 11 is 1.90. The second-order valence-electron chi connectivity index (χ2n) is 13.7. The Balaban J connectivity index is 1.29. The molecule has 8 aromatic carbocycles. The average Bonchev–Trinajstić information content (AvgIpc) is 3.85. The van der Waals surface area contributed by atoms with E-state index in [1.165, 1.54) is 102 Å². The van der Waals surface area contributed by atoms with E-state index in [1.54, 1.807) is 0 Å². The van der Waals surface area contributed by atoms with E-state index in [2.05, 4.69) is 179 Å². The van der Waals surface area contributed by atoms with Crippen LogP contribution in [0.3, 0.4) is 0 Å². The van der Waals surface area contributed by atoms with Crippen LogP contribution in [0, 0.1) is 0 Å². The lowest BCUT2D eigenvalue weighted by Gasteiger charge is -2.10. The van der Waals surface area contributed by atoms with Gasteiger partial charge in [-0.25, -0.2) is 0 Å². The van der Waals surface area contributed by atoms with Crippen molar-refractivity contribution in [3.05, 3.63) is 170 Å². The van der Waals surface area contributed by atoms with Gasteiger partial charge in [0.25, 0.3) is 0 Å². The zero-order valence-corrected chi connectivity index (χ0v) is 28.3. The third-order valence-corrected chi connectivity index (χ3v) is 12.2. The molecule has 0 fully saturated rings. The van der Waals surface area contributed by atoms with E-state index in [-0.39, 0.29) is 0 Å². The standard InChI is InChI=1S/C48H28N2S/c1-2-11-29(12-3-1)30-23-25-31(26-24-30)49-40-19-7-6-15-34(40)38-27-43-39(28-42(38)49)37-18-8-17-36-33-14-5-4-13-32(33)35-16-9-21-44-46(35)47-41(50(43)48(36)37)20-10-22-45(47)51-44/h1-28H. The monoisotopic (exact) mass is 664 g/mol. The fraction of sp³-hybridized carbons (Fsp3) is 0. The summed E-state index contributed by atoms with van der Waals surface area (Å²) in [6.45, 7) is 0. The van der Waals surface area contributed by atoms with Crippen molar-refractivity contribution < 1.29 is 0 Å². The molecule has 0 atom stereocenters. The molecule has 0 spiro atoms. The van der Waals surface area contributed by atoms with Crippen LogP contribution in [-0.4, -0.2) is 8.97 Å². The van der Waals surface area contributed by atoms with Crippen molar-refractivity contribution in [3.63, 3.8) is 0 Å². The SMILES string of the molecule is c1ccc(-c2ccc(-n3c4ccccc4c4cc5c(cc43)c3cccc4c6ccccc6c6cccc7sc8cccc(c8c76)n5c43)cc2)cc1. The van der Waals surface area contributed by atoms with Gasteiger partial charge >= 0.3 is 0 Å². The molecule has 0 bridgehead atoms. The zero-order valence-electron chi connectivity index (χ0n) is 27.5. The Morgan fingerprint density at radius 3 is 1.71 bits per heavy atom. The summed E-state index contributed by atoms with van der Waals surface area (Å²) in [7, 11) is 0. The second-order valence-corrected chi connectivity index (χ2v) is 14.7. The summed E-state index contributed by atoms with van der Waals surface area (Å²) in [6, 6.07) is 63.0. The van der Waals surface area contributed by atoms with Crippen LogP contribution in [0.1, 0.15) is 0 Å². The Hall–Kier alpha value is -6.42. The van der Waals surface area contributed by atoms with Gasteiger partial charge < -0.3 is 8.97 Å². The molecular formula is C48H28N2S. The van der Waals surface area contributed by atoms with E-state index in [1.807, 2.05) is 11.3 Å². The molecule has 51 heavy (non-hydrogen) atoms. The summed E-state index contributed by atoms with van der Waals surface area (Å²) in [5.74, 6) is 0. The summed E-state index contributed by atoms with van der Waals surface area (Å²) in [4.78, 5) is 0. The van der Waals surface area contributed by atoms with Gasteiger partial charge in [-0.05, 0) is 75.8 Å². The van der Waals surface area contributed by atoms with Crippen LogP contribution in [0.25, 0.3) is 108 Å². The molecule has 0 unspecified atom stereocenters. The number of para-hydroxylation sites is 2. The molecule has 12 aromatic rings. The molecule has 3 heteroatoms. The van der Waals surface area contributed by atoms with Crippen molar-refractivity contribution in [2.24, 2.45) is 0 Å². The number of hydrogen-bond acceptors (Lipinski definition) is 1. The molecule has 0 aliphatic rings. The van der Waals surface area contributed by atoms with Crippen molar-refractivity contribution in [2.75, 3.05) is 0 Å². The van der Waals surface area contributed by atoms with Crippen LogP contribution in [-0.2, 0) is 0 Å². The first-order chi connectivity index (χ1) is 25.3. The van der Waals surface area contributed by atoms with E-state index in [4.69, 9.17) is 0 Å². The summed E-state index contributed by atoms with van der Waals surface area (Å²) in [5, 5.41) is 12.8. The third kappa shape index (κ3) is 3.65. The smallest absolute Gasteiger partial charge is 0.0619 e. The van der Waals surface area contributed by atoms with Crippen molar-refractivity contribution in [2.45, 2.75) is 0 Å². The number of rotatable bonds is 2. The quantitative estimate of drug-likeness (QED) is 0.174. The highest BCUT2D eigenvalue weighted by molar-refractivity contribution is 7.26. The second kappa shape index (κ2) is 10.1. The number of aromatic nitrogens is 2. The normalized spacial score (nSPS) is 12.3. The van der Waals surface area contributed by atoms with Crippen LogP contribution >= 0.6 is 11.3 Å². The molecule has 4 heterocycles. The van der Waals surface area contributed by atoms with Gasteiger partial charge in [0.1, 0.15) is 0 Å². The number of thiophene rings is 1. The maximum atomic E-state index is 2.58. The van der Waals surface area contributed by atoms with Gasteiger partial charge in [-0.15, -0.1) is 11.3 Å². The minimum Gasteiger partial charge on any atom is -0.309 e. The molecule has 4 aromatic heterocycles. The van der Waals surface area contributed by atoms with E-state index in [0.29, 0.717) is 0 Å². The zero-order chi connectivity index (χ0) is 33.2. The van der Waals surface area contributed by atoms with Crippen molar-refractivity contribution >= 4 is 102 Å². The van der Waals surface area contributed by atoms with Gasteiger partial charge in [-0.2, -0.15) is 0 Å². The average molecular weight is 665 g/mol. The number of nitrogens with zero attached hydrogens (tertiary/aromatic N) is 2. The molecular weight excluding hydrogens is 637 g/mol. The highest BCUT2D eigenvalue weighted by atomic mass is 32.1. The molecule has 0 saturated heterocycles. The van der Waals surface area contributed by atoms with Crippen LogP contribution in [0.5, 0.6) is 0 Å². The van der Waals surface area contributed by atoms with Gasteiger partial charge in [0.15, 0.2) is 0 Å². The Morgan fingerprint density at radius 1 is 0.333 bits per heavy atom. The van der Waals surface area contributed by atoms with E-state index in [9.17, 15) is 0 Å². The molecule has 2 nitrogen and oxygen atoms in total. The highest BCUT2D eigenvalue weighted by Gasteiger charge is 2.21. The molecule has 0 aliphatic heterocycles. The maximum absolute atomic E-state index is 2.58. The predicted octanol–water partition coefficient (Wildman–Crippen LogP) is 13.7. The molecule has 12 rings (SSSR count). The lowest BCUT2D eigenvalue weighted by molar-refractivity contribution is 1.18. The predicted molar refractivity (Wildman–Crippen MR) is 220 cm³/mol. The molecule has 0 N–H and O–H groups in total.